The van der Waals surface area contributed by atoms with Crippen molar-refractivity contribution < 1.29 is 9.21 Å². The first-order valence-corrected chi connectivity index (χ1v) is 9.42. The van der Waals surface area contributed by atoms with Crippen molar-refractivity contribution in [2.75, 3.05) is 6.54 Å². The molecule has 126 valence electrons. The summed E-state index contributed by atoms with van der Waals surface area (Å²) >= 11 is 3.17. The van der Waals surface area contributed by atoms with E-state index in [1.165, 1.54) is 6.08 Å². The third-order valence-electron chi connectivity index (χ3n) is 3.51. The summed E-state index contributed by atoms with van der Waals surface area (Å²) in [6.45, 7) is 0.529. The molecule has 6 nitrogen and oxygen atoms in total. The van der Waals surface area contributed by atoms with Gasteiger partial charge in [-0.3, -0.25) is 4.79 Å². The van der Waals surface area contributed by atoms with Crippen molar-refractivity contribution in [2.45, 2.75) is 6.42 Å². The highest BCUT2D eigenvalue weighted by atomic mass is 32.1. The van der Waals surface area contributed by atoms with Gasteiger partial charge in [0.2, 0.25) is 10.9 Å². The Morgan fingerprint density at radius 2 is 2.28 bits per heavy atom. The molecule has 1 N–H and O–H groups in total. The minimum Gasteiger partial charge on any atom is -0.465 e. The number of aromatic nitrogens is 3. The quantitative estimate of drug-likeness (QED) is 0.528. The number of amides is 1. The molecule has 4 aromatic rings. The van der Waals surface area contributed by atoms with Crippen LogP contribution in [0.3, 0.4) is 0 Å². The molecule has 0 aromatic carbocycles. The molecule has 0 aliphatic rings. The van der Waals surface area contributed by atoms with E-state index in [0.29, 0.717) is 18.7 Å². The van der Waals surface area contributed by atoms with E-state index in [-0.39, 0.29) is 5.91 Å². The molecular weight excluding hydrogens is 356 g/mol. The van der Waals surface area contributed by atoms with Gasteiger partial charge in [-0.2, -0.15) is 4.98 Å². The molecular formula is C17H14N4O2S2. The standard InChI is InChI=1S/C17H14N4O2S2/c22-15(6-5-13-3-1-9-23-13)18-8-7-12-11-25-17-19-16(20-21(12)17)14-4-2-10-24-14/h1-6,9-11H,7-8H2,(H,18,22). The SMILES string of the molecule is O=C(C=Cc1ccco1)NCCc1csc2nc(-c3cccs3)nn12. The van der Waals surface area contributed by atoms with E-state index in [1.54, 1.807) is 47.1 Å². The summed E-state index contributed by atoms with van der Waals surface area (Å²) in [5, 5.41) is 11.5. The third-order valence-corrected chi connectivity index (χ3v) is 5.24. The van der Waals surface area contributed by atoms with Crippen LogP contribution in [-0.4, -0.2) is 27.0 Å². The van der Waals surface area contributed by atoms with Gasteiger partial charge in [-0.15, -0.1) is 27.8 Å². The van der Waals surface area contributed by atoms with Gasteiger partial charge in [-0.1, -0.05) is 6.07 Å². The topological polar surface area (TPSA) is 72.4 Å². The number of thiazole rings is 1. The number of nitrogens with zero attached hydrogens (tertiary/aromatic N) is 3. The lowest BCUT2D eigenvalue weighted by Crippen LogP contribution is -2.23. The lowest BCUT2D eigenvalue weighted by atomic mass is 10.3. The maximum Gasteiger partial charge on any atom is 0.244 e. The Balaban J connectivity index is 1.37. The highest BCUT2D eigenvalue weighted by Gasteiger charge is 2.12. The van der Waals surface area contributed by atoms with Gasteiger partial charge in [0.1, 0.15) is 5.76 Å². The van der Waals surface area contributed by atoms with E-state index in [2.05, 4.69) is 15.4 Å². The Kier molecular flexibility index (Phi) is 4.45. The molecule has 0 saturated carbocycles. The van der Waals surface area contributed by atoms with Crippen molar-refractivity contribution in [1.29, 1.82) is 0 Å². The van der Waals surface area contributed by atoms with Gasteiger partial charge < -0.3 is 9.73 Å². The maximum atomic E-state index is 11.8. The van der Waals surface area contributed by atoms with Gasteiger partial charge >= 0.3 is 0 Å². The van der Waals surface area contributed by atoms with Crippen molar-refractivity contribution in [3.05, 3.63) is 58.8 Å². The molecule has 25 heavy (non-hydrogen) atoms. The van der Waals surface area contributed by atoms with E-state index in [4.69, 9.17) is 4.42 Å². The summed E-state index contributed by atoms with van der Waals surface area (Å²) < 4.78 is 7.00. The molecule has 4 rings (SSSR count). The van der Waals surface area contributed by atoms with Crippen molar-refractivity contribution in [1.82, 2.24) is 19.9 Å². The van der Waals surface area contributed by atoms with Crippen LogP contribution in [0.2, 0.25) is 0 Å². The number of hydrogen-bond acceptors (Lipinski definition) is 6. The van der Waals surface area contributed by atoms with Gasteiger partial charge in [0.25, 0.3) is 0 Å². The number of carbonyl (C=O) groups is 1. The third kappa shape index (κ3) is 3.54. The number of fused-ring (bicyclic) bond motifs is 1. The first-order valence-electron chi connectivity index (χ1n) is 7.66. The molecule has 1 amide bonds. The van der Waals surface area contributed by atoms with Gasteiger partial charge in [0, 0.05) is 24.4 Å². The van der Waals surface area contributed by atoms with Crippen LogP contribution in [-0.2, 0) is 11.2 Å². The average molecular weight is 370 g/mol. The summed E-state index contributed by atoms with van der Waals surface area (Å²) in [5.74, 6) is 1.24. The van der Waals surface area contributed by atoms with Crippen LogP contribution in [0.25, 0.3) is 21.7 Å². The second-order valence-electron chi connectivity index (χ2n) is 5.22. The van der Waals surface area contributed by atoms with Gasteiger partial charge in [0.05, 0.1) is 16.8 Å². The molecule has 4 aromatic heterocycles. The number of carbonyl (C=O) groups excluding carboxylic acids is 1. The lowest BCUT2D eigenvalue weighted by molar-refractivity contribution is -0.116. The zero-order chi connectivity index (χ0) is 17.1. The van der Waals surface area contributed by atoms with Crippen molar-refractivity contribution >= 4 is 39.6 Å². The van der Waals surface area contributed by atoms with Crippen molar-refractivity contribution in [3.63, 3.8) is 0 Å². The van der Waals surface area contributed by atoms with Gasteiger partial charge in [-0.05, 0) is 29.7 Å². The molecule has 0 atom stereocenters. The van der Waals surface area contributed by atoms with Crippen LogP contribution in [0.15, 0.2) is 51.8 Å². The van der Waals surface area contributed by atoms with Gasteiger partial charge in [-0.25, -0.2) is 4.52 Å². The Hall–Kier alpha value is -2.71. The summed E-state index contributed by atoms with van der Waals surface area (Å²) in [5.41, 5.74) is 1.03. The second-order valence-corrected chi connectivity index (χ2v) is 7.01. The Morgan fingerprint density at radius 3 is 3.08 bits per heavy atom. The Labute approximate surface area is 151 Å². The van der Waals surface area contributed by atoms with E-state index in [9.17, 15) is 4.79 Å². The lowest BCUT2D eigenvalue weighted by Gasteiger charge is -2.01. The fraction of sp³-hybridized carbons (Fsp3) is 0.118. The molecule has 0 spiro atoms. The number of thiophene rings is 1. The molecule has 0 saturated heterocycles. The smallest absolute Gasteiger partial charge is 0.244 e. The Morgan fingerprint density at radius 1 is 1.32 bits per heavy atom. The average Bonchev–Trinajstić information content (AvgIpc) is 3.37. The number of furan rings is 1. The van der Waals surface area contributed by atoms with Crippen LogP contribution in [0.4, 0.5) is 0 Å². The summed E-state index contributed by atoms with van der Waals surface area (Å²) in [6.07, 6.45) is 5.37. The largest absolute Gasteiger partial charge is 0.465 e. The van der Waals surface area contributed by atoms with Gasteiger partial charge in [0.15, 0.2) is 5.82 Å². The zero-order valence-electron chi connectivity index (χ0n) is 13.1. The van der Waals surface area contributed by atoms with Crippen LogP contribution in [0, 0.1) is 0 Å². The summed E-state index contributed by atoms with van der Waals surface area (Å²) in [7, 11) is 0. The number of rotatable bonds is 6. The minimum atomic E-state index is -0.152. The van der Waals surface area contributed by atoms with Crippen molar-refractivity contribution in [2.24, 2.45) is 0 Å². The van der Waals surface area contributed by atoms with E-state index in [1.807, 2.05) is 27.4 Å². The van der Waals surface area contributed by atoms with Crippen LogP contribution in [0.1, 0.15) is 11.5 Å². The molecule has 0 radical (unpaired) electrons. The minimum absolute atomic E-state index is 0.152. The molecule has 0 bridgehead atoms. The fourth-order valence-electron chi connectivity index (χ4n) is 2.32. The second kappa shape index (κ2) is 7.04. The maximum absolute atomic E-state index is 11.8. The molecule has 0 aliphatic carbocycles. The molecule has 0 fully saturated rings. The normalized spacial score (nSPS) is 11.5. The fourth-order valence-corrected chi connectivity index (χ4v) is 3.83. The predicted molar refractivity (Wildman–Crippen MR) is 98.6 cm³/mol. The summed E-state index contributed by atoms with van der Waals surface area (Å²) in [6, 6.07) is 7.57. The van der Waals surface area contributed by atoms with Crippen molar-refractivity contribution in [3.8, 4) is 10.7 Å². The van der Waals surface area contributed by atoms with Crippen LogP contribution >= 0.6 is 22.7 Å². The Bertz CT molecular complexity index is 997. The number of hydrogen-bond donors (Lipinski definition) is 1. The van der Waals surface area contributed by atoms with E-state index < -0.39 is 0 Å². The van der Waals surface area contributed by atoms with E-state index >= 15 is 0 Å². The number of nitrogens with one attached hydrogen (secondary N) is 1. The molecule has 4 heterocycles. The molecule has 0 aliphatic heterocycles. The predicted octanol–water partition coefficient (Wildman–Crippen LogP) is 3.48. The highest BCUT2D eigenvalue weighted by Crippen LogP contribution is 2.24. The van der Waals surface area contributed by atoms with E-state index in [0.717, 1.165) is 21.4 Å². The monoisotopic (exact) mass is 370 g/mol. The molecule has 8 heteroatoms. The highest BCUT2D eigenvalue weighted by molar-refractivity contribution is 7.15. The zero-order valence-corrected chi connectivity index (χ0v) is 14.7. The first kappa shape index (κ1) is 15.8. The first-order chi connectivity index (χ1) is 12.3. The van der Waals surface area contributed by atoms with Crippen LogP contribution < -0.4 is 5.32 Å². The summed E-state index contributed by atoms with van der Waals surface area (Å²) in [4.78, 5) is 18.3. The van der Waals surface area contributed by atoms with Crippen LogP contribution in [0.5, 0.6) is 0 Å². The molecule has 0 unspecified atom stereocenters.